The highest BCUT2D eigenvalue weighted by Gasteiger charge is 2.34. The van der Waals surface area contributed by atoms with Gasteiger partial charge in [0.25, 0.3) is 0 Å². The van der Waals surface area contributed by atoms with E-state index in [4.69, 9.17) is 4.74 Å². The molecule has 126 valence electrons. The Morgan fingerprint density at radius 3 is 2.83 bits per heavy atom. The van der Waals surface area contributed by atoms with Crippen LogP contribution in [0.25, 0.3) is 0 Å². The number of carbonyl (C=O) groups excluding carboxylic acids is 1. The zero-order valence-electron chi connectivity index (χ0n) is 14.1. The number of hydrogen-bond acceptors (Lipinski definition) is 3. The highest BCUT2D eigenvalue weighted by Crippen LogP contribution is 2.39. The largest absolute Gasteiger partial charge is 0.487 e. The molecule has 2 aromatic rings. The number of pyridine rings is 1. The molecular formula is C19H23N3O2. The first-order chi connectivity index (χ1) is 11.5. The van der Waals surface area contributed by atoms with Gasteiger partial charge < -0.3 is 15.4 Å². The van der Waals surface area contributed by atoms with E-state index in [-0.39, 0.29) is 17.7 Å². The molecule has 2 heterocycles. The Morgan fingerprint density at radius 1 is 1.25 bits per heavy atom. The smallest absolute Gasteiger partial charge is 0.315 e. The Morgan fingerprint density at radius 2 is 2.04 bits per heavy atom. The molecule has 1 aliphatic rings. The van der Waals surface area contributed by atoms with Gasteiger partial charge >= 0.3 is 6.03 Å². The molecule has 2 amide bonds. The fourth-order valence-electron chi connectivity index (χ4n) is 2.99. The number of rotatable bonds is 4. The summed E-state index contributed by atoms with van der Waals surface area (Å²) in [5.41, 5.74) is 1.69. The van der Waals surface area contributed by atoms with Crippen molar-refractivity contribution in [2.24, 2.45) is 0 Å². The van der Waals surface area contributed by atoms with Gasteiger partial charge in [0.05, 0.1) is 6.04 Å². The van der Waals surface area contributed by atoms with E-state index in [1.54, 1.807) is 6.20 Å². The van der Waals surface area contributed by atoms with Gasteiger partial charge in [0.1, 0.15) is 11.4 Å². The molecule has 2 N–H and O–H groups in total. The lowest BCUT2D eigenvalue weighted by Gasteiger charge is -2.37. The highest BCUT2D eigenvalue weighted by molar-refractivity contribution is 5.74. The minimum Gasteiger partial charge on any atom is -0.487 e. The minimum atomic E-state index is -0.305. The molecule has 1 unspecified atom stereocenters. The van der Waals surface area contributed by atoms with Crippen LogP contribution >= 0.6 is 0 Å². The predicted molar refractivity (Wildman–Crippen MR) is 93.0 cm³/mol. The van der Waals surface area contributed by atoms with Crippen molar-refractivity contribution in [3.05, 3.63) is 59.9 Å². The van der Waals surface area contributed by atoms with Crippen LogP contribution in [-0.2, 0) is 6.42 Å². The molecule has 1 aromatic carbocycles. The minimum absolute atomic E-state index is 0.0557. The van der Waals surface area contributed by atoms with Gasteiger partial charge in [-0.25, -0.2) is 4.79 Å². The van der Waals surface area contributed by atoms with E-state index >= 15 is 0 Å². The van der Waals surface area contributed by atoms with Gasteiger partial charge in [0.2, 0.25) is 0 Å². The topological polar surface area (TPSA) is 63.2 Å². The van der Waals surface area contributed by atoms with Crippen LogP contribution < -0.4 is 15.4 Å². The standard InChI is InChI=1S/C19H23N3O2/c1-19(2)13-16(15-8-3-4-9-17(15)24-19)22-18(23)21-12-10-14-7-5-6-11-20-14/h3-9,11,16H,10,12-13H2,1-2H3,(H2,21,22,23). The second-order valence-corrected chi connectivity index (χ2v) is 6.63. The van der Waals surface area contributed by atoms with Gasteiger partial charge in [-0.05, 0) is 32.0 Å². The van der Waals surface area contributed by atoms with Crippen molar-refractivity contribution in [1.29, 1.82) is 0 Å². The molecule has 5 nitrogen and oxygen atoms in total. The van der Waals surface area contributed by atoms with Gasteiger partial charge in [-0.2, -0.15) is 0 Å². The molecule has 24 heavy (non-hydrogen) atoms. The van der Waals surface area contributed by atoms with Crippen LogP contribution in [0, 0.1) is 0 Å². The zero-order valence-corrected chi connectivity index (χ0v) is 14.1. The molecule has 0 saturated heterocycles. The summed E-state index contributed by atoms with van der Waals surface area (Å²) in [5, 5.41) is 5.97. The molecule has 0 spiro atoms. The Bertz CT molecular complexity index is 701. The van der Waals surface area contributed by atoms with E-state index in [1.807, 2.05) is 56.3 Å². The van der Waals surface area contributed by atoms with Crippen molar-refractivity contribution in [3.63, 3.8) is 0 Å². The average molecular weight is 325 g/mol. The third-order valence-corrected chi connectivity index (χ3v) is 4.07. The molecule has 0 aliphatic carbocycles. The van der Waals surface area contributed by atoms with Crippen LogP contribution in [-0.4, -0.2) is 23.2 Å². The van der Waals surface area contributed by atoms with Crippen LogP contribution in [0.3, 0.4) is 0 Å². The molecule has 1 atom stereocenters. The number of nitrogens with one attached hydrogen (secondary N) is 2. The highest BCUT2D eigenvalue weighted by atomic mass is 16.5. The molecule has 0 fully saturated rings. The number of benzene rings is 1. The van der Waals surface area contributed by atoms with Crippen molar-refractivity contribution >= 4 is 6.03 Å². The number of urea groups is 1. The SMILES string of the molecule is CC1(C)CC(NC(=O)NCCc2ccccn2)c2ccccc2O1. The average Bonchev–Trinajstić information content (AvgIpc) is 2.55. The van der Waals surface area contributed by atoms with Crippen LogP contribution in [0.1, 0.15) is 37.6 Å². The third kappa shape index (κ3) is 4.04. The van der Waals surface area contributed by atoms with E-state index in [1.165, 1.54) is 0 Å². The summed E-state index contributed by atoms with van der Waals surface area (Å²) in [7, 11) is 0. The van der Waals surface area contributed by atoms with Crippen LogP contribution in [0.2, 0.25) is 0 Å². The zero-order chi connectivity index (χ0) is 17.0. The van der Waals surface area contributed by atoms with E-state index < -0.39 is 0 Å². The summed E-state index contributed by atoms with van der Waals surface area (Å²) >= 11 is 0. The second-order valence-electron chi connectivity index (χ2n) is 6.63. The summed E-state index contributed by atoms with van der Waals surface area (Å²) in [5.74, 6) is 0.840. The van der Waals surface area contributed by atoms with Gasteiger partial charge in [0.15, 0.2) is 0 Å². The number of amides is 2. The summed E-state index contributed by atoms with van der Waals surface area (Å²) in [6, 6.07) is 13.4. The summed E-state index contributed by atoms with van der Waals surface area (Å²) in [6.45, 7) is 4.63. The Kier molecular flexibility index (Phi) is 4.69. The fraction of sp³-hybridized carbons (Fsp3) is 0.368. The lowest BCUT2D eigenvalue weighted by molar-refractivity contribution is 0.0679. The van der Waals surface area contributed by atoms with Crippen molar-refractivity contribution < 1.29 is 9.53 Å². The Labute approximate surface area is 142 Å². The van der Waals surface area contributed by atoms with Crippen LogP contribution in [0.4, 0.5) is 4.79 Å². The maximum atomic E-state index is 12.2. The number of ether oxygens (including phenoxy) is 1. The lowest BCUT2D eigenvalue weighted by Crippen LogP contribution is -2.44. The van der Waals surface area contributed by atoms with Gasteiger partial charge in [-0.3, -0.25) is 4.98 Å². The predicted octanol–water partition coefficient (Wildman–Crippen LogP) is 3.23. The van der Waals surface area contributed by atoms with Crippen molar-refractivity contribution in [2.45, 2.75) is 38.3 Å². The second kappa shape index (κ2) is 6.91. The number of fused-ring (bicyclic) bond motifs is 1. The van der Waals surface area contributed by atoms with Crippen molar-refractivity contribution in [2.75, 3.05) is 6.54 Å². The summed E-state index contributed by atoms with van der Waals surface area (Å²) in [4.78, 5) is 16.5. The number of aromatic nitrogens is 1. The summed E-state index contributed by atoms with van der Waals surface area (Å²) < 4.78 is 5.99. The Hall–Kier alpha value is -2.56. The molecule has 5 heteroatoms. The monoisotopic (exact) mass is 325 g/mol. The first-order valence-electron chi connectivity index (χ1n) is 8.26. The quantitative estimate of drug-likeness (QED) is 0.907. The number of nitrogens with zero attached hydrogens (tertiary/aromatic N) is 1. The van der Waals surface area contributed by atoms with Crippen molar-refractivity contribution in [1.82, 2.24) is 15.6 Å². The number of hydrogen-bond donors (Lipinski definition) is 2. The molecular weight excluding hydrogens is 302 g/mol. The molecule has 0 saturated carbocycles. The maximum absolute atomic E-state index is 12.2. The van der Waals surface area contributed by atoms with Gasteiger partial charge in [-0.1, -0.05) is 24.3 Å². The number of carbonyl (C=O) groups is 1. The molecule has 0 bridgehead atoms. The third-order valence-electron chi connectivity index (χ3n) is 4.07. The van der Waals surface area contributed by atoms with E-state index in [0.29, 0.717) is 13.0 Å². The molecule has 0 radical (unpaired) electrons. The van der Waals surface area contributed by atoms with Gasteiger partial charge in [-0.15, -0.1) is 0 Å². The van der Waals surface area contributed by atoms with Gasteiger partial charge in [0, 0.05) is 36.8 Å². The van der Waals surface area contributed by atoms with Crippen LogP contribution in [0.5, 0.6) is 5.75 Å². The maximum Gasteiger partial charge on any atom is 0.315 e. The van der Waals surface area contributed by atoms with E-state index in [0.717, 1.165) is 23.4 Å². The molecule has 3 rings (SSSR count). The normalized spacial score (nSPS) is 18.2. The fourth-order valence-corrected chi connectivity index (χ4v) is 2.99. The van der Waals surface area contributed by atoms with E-state index in [2.05, 4.69) is 15.6 Å². The molecule has 1 aromatic heterocycles. The van der Waals surface area contributed by atoms with Crippen molar-refractivity contribution in [3.8, 4) is 5.75 Å². The Balaban J connectivity index is 1.58. The lowest BCUT2D eigenvalue weighted by atomic mass is 9.90. The summed E-state index contributed by atoms with van der Waals surface area (Å²) in [6.07, 6.45) is 3.21. The number of para-hydroxylation sites is 1. The first-order valence-corrected chi connectivity index (χ1v) is 8.26. The molecule has 1 aliphatic heterocycles. The van der Waals surface area contributed by atoms with Crippen LogP contribution in [0.15, 0.2) is 48.7 Å². The first kappa shape index (κ1) is 16.3. The van der Waals surface area contributed by atoms with E-state index in [9.17, 15) is 4.79 Å².